The van der Waals surface area contributed by atoms with Gasteiger partial charge in [0, 0.05) is 13.1 Å². The summed E-state index contributed by atoms with van der Waals surface area (Å²) in [5.74, 6) is 2.69. The maximum Gasteiger partial charge on any atom is 0.0984 e. The normalized spacial score (nSPS) is 22.0. The molecule has 2 unspecified atom stereocenters. The standard InChI is InChI=1S/C22H27N3/c1-15-6-8-17(9-7-15)18-10-11-21(23)22(12-18)24-16(2)25-13-19-4-3-5-20(19)14-25/h6-12,19-20,24H,2-5,13-14,23H2,1H3. The smallest absolute Gasteiger partial charge is 0.0984 e. The van der Waals surface area contributed by atoms with Gasteiger partial charge in [0.25, 0.3) is 0 Å². The predicted molar refractivity (Wildman–Crippen MR) is 106 cm³/mol. The third kappa shape index (κ3) is 3.23. The minimum absolute atomic E-state index is 0.761. The molecule has 3 nitrogen and oxygen atoms in total. The maximum atomic E-state index is 6.21. The van der Waals surface area contributed by atoms with Gasteiger partial charge in [-0.15, -0.1) is 0 Å². The quantitative estimate of drug-likeness (QED) is 0.785. The summed E-state index contributed by atoms with van der Waals surface area (Å²) in [6.45, 7) is 8.65. The molecule has 0 radical (unpaired) electrons. The van der Waals surface area contributed by atoms with Crippen molar-refractivity contribution in [2.45, 2.75) is 26.2 Å². The number of nitrogens with zero attached hydrogens (tertiary/aromatic N) is 1. The third-order valence-electron chi connectivity index (χ3n) is 5.83. The number of fused-ring (bicyclic) bond motifs is 1. The monoisotopic (exact) mass is 333 g/mol. The van der Waals surface area contributed by atoms with Crippen molar-refractivity contribution in [1.29, 1.82) is 0 Å². The van der Waals surface area contributed by atoms with Gasteiger partial charge in [0.05, 0.1) is 17.2 Å². The Labute approximate surface area is 150 Å². The van der Waals surface area contributed by atoms with Crippen LogP contribution in [0.1, 0.15) is 24.8 Å². The average molecular weight is 333 g/mol. The van der Waals surface area contributed by atoms with Gasteiger partial charge >= 0.3 is 0 Å². The van der Waals surface area contributed by atoms with Gasteiger partial charge in [-0.2, -0.15) is 0 Å². The number of nitrogens with two attached hydrogens (primary N) is 1. The Bertz CT molecular complexity index is 766. The first-order valence-electron chi connectivity index (χ1n) is 9.27. The van der Waals surface area contributed by atoms with Crippen LogP contribution in [0.3, 0.4) is 0 Å². The summed E-state index contributed by atoms with van der Waals surface area (Å²) in [5, 5.41) is 3.47. The number of hydrogen-bond acceptors (Lipinski definition) is 3. The average Bonchev–Trinajstić information content (AvgIpc) is 3.19. The third-order valence-corrected chi connectivity index (χ3v) is 5.83. The number of benzene rings is 2. The Morgan fingerprint density at radius 1 is 1.04 bits per heavy atom. The molecule has 3 N–H and O–H groups in total. The molecule has 130 valence electrons. The Balaban J connectivity index is 1.51. The van der Waals surface area contributed by atoms with Crippen LogP contribution in [-0.4, -0.2) is 18.0 Å². The predicted octanol–water partition coefficient (Wildman–Crippen LogP) is 4.86. The second kappa shape index (κ2) is 6.47. The molecule has 1 aliphatic heterocycles. The Morgan fingerprint density at radius 3 is 2.36 bits per heavy atom. The second-order valence-corrected chi connectivity index (χ2v) is 7.60. The molecule has 1 aliphatic carbocycles. The minimum atomic E-state index is 0.761. The summed E-state index contributed by atoms with van der Waals surface area (Å²) in [6, 6.07) is 14.8. The molecule has 2 aromatic carbocycles. The van der Waals surface area contributed by atoms with Gasteiger partial charge in [-0.1, -0.05) is 48.9 Å². The van der Waals surface area contributed by atoms with E-state index in [-0.39, 0.29) is 0 Å². The van der Waals surface area contributed by atoms with E-state index in [1.165, 1.54) is 36.0 Å². The van der Waals surface area contributed by atoms with E-state index in [2.05, 4.69) is 60.1 Å². The lowest BCUT2D eigenvalue weighted by Gasteiger charge is -2.24. The maximum absolute atomic E-state index is 6.21. The molecule has 1 heterocycles. The lowest BCUT2D eigenvalue weighted by atomic mass is 10.0. The van der Waals surface area contributed by atoms with Crippen LogP contribution in [0.5, 0.6) is 0 Å². The number of nitrogens with one attached hydrogen (secondary N) is 1. The zero-order valence-corrected chi connectivity index (χ0v) is 15.0. The molecule has 3 heteroatoms. The first-order chi connectivity index (χ1) is 12.1. The van der Waals surface area contributed by atoms with Crippen molar-refractivity contribution in [1.82, 2.24) is 4.90 Å². The number of hydrogen-bond donors (Lipinski definition) is 2. The van der Waals surface area contributed by atoms with Crippen molar-refractivity contribution < 1.29 is 0 Å². The van der Waals surface area contributed by atoms with Crippen LogP contribution in [0.15, 0.2) is 54.9 Å². The number of anilines is 2. The fourth-order valence-corrected chi connectivity index (χ4v) is 4.28. The molecule has 25 heavy (non-hydrogen) atoms. The highest BCUT2D eigenvalue weighted by Crippen LogP contribution is 2.39. The summed E-state index contributed by atoms with van der Waals surface area (Å²) in [6.07, 6.45) is 4.15. The molecule has 0 amide bonds. The molecule has 2 fully saturated rings. The van der Waals surface area contributed by atoms with Crippen LogP contribution in [-0.2, 0) is 0 Å². The molecule has 1 saturated heterocycles. The van der Waals surface area contributed by atoms with Crippen molar-refractivity contribution in [3.05, 3.63) is 60.4 Å². The SMILES string of the molecule is C=C(Nc1cc(-c2ccc(C)cc2)ccc1N)N1CC2CCCC2C1. The lowest BCUT2D eigenvalue weighted by molar-refractivity contribution is 0.393. The van der Waals surface area contributed by atoms with Crippen molar-refractivity contribution in [3.8, 4) is 11.1 Å². The molecule has 4 rings (SSSR count). The van der Waals surface area contributed by atoms with E-state index >= 15 is 0 Å². The molecule has 0 aromatic heterocycles. The van der Waals surface area contributed by atoms with E-state index in [1.54, 1.807) is 0 Å². The number of likely N-dealkylation sites (tertiary alicyclic amines) is 1. The first-order valence-corrected chi connectivity index (χ1v) is 9.27. The van der Waals surface area contributed by atoms with Crippen LogP contribution < -0.4 is 11.1 Å². The number of nitrogen functional groups attached to an aromatic ring is 1. The van der Waals surface area contributed by atoms with Crippen molar-refractivity contribution in [2.75, 3.05) is 24.1 Å². The van der Waals surface area contributed by atoms with E-state index in [1.807, 2.05) is 6.07 Å². The van der Waals surface area contributed by atoms with E-state index < -0.39 is 0 Å². The first kappa shape index (κ1) is 16.1. The largest absolute Gasteiger partial charge is 0.397 e. The van der Waals surface area contributed by atoms with E-state index in [9.17, 15) is 0 Å². The van der Waals surface area contributed by atoms with Crippen molar-refractivity contribution in [3.63, 3.8) is 0 Å². The van der Waals surface area contributed by atoms with Crippen LogP contribution in [0.2, 0.25) is 0 Å². The summed E-state index contributed by atoms with van der Waals surface area (Å²) in [4.78, 5) is 2.40. The van der Waals surface area contributed by atoms with Crippen LogP contribution in [0.4, 0.5) is 11.4 Å². The van der Waals surface area contributed by atoms with Crippen LogP contribution in [0, 0.1) is 18.8 Å². The summed E-state index contributed by atoms with van der Waals surface area (Å²) < 4.78 is 0. The highest BCUT2D eigenvalue weighted by Gasteiger charge is 2.36. The van der Waals surface area contributed by atoms with Gasteiger partial charge in [0.2, 0.25) is 0 Å². The number of rotatable bonds is 4. The van der Waals surface area contributed by atoms with Crippen LogP contribution >= 0.6 is 0 Å². The molecule has 1 saturated carbocycles. The summed E-state index contributed by atoms with van der Waals surface area (Å²) >= 11 is 0. The van der Waals surface area contributed by atoms with E-state index in [0.29, 0.717) is 0 Å². The fourth-order valence-electron chi connectivity index (χ4n) is 4.28. The zero-order valence-electron chi connectivity index (χ0n) is 15.0. The zero-order chi connectivity index (χ0) is 17.4. The molecule has 2 aromatic rings. The fraction of sp³-hybridized carbons (Fsp3) is 0.364. The molecule has 2 atom stereocenters. The van der Waals surface area contributed by atoms with Gasteiger partial charge in [0.15, 0.2) is 0 Å². The minimum Gasteiger partial charge on any atom is -0.397 e. The molecular weight excluding hydrogens is 306 g/mol. The van der Waals surface area contributed by atoms with Gasteiger partial charge < -0.3 is 16.0 Å². The Hall–Kier alpha value is -2.42. The molecule has 0 bridgehead atoms. The van der Waals surface area contributed by atoms with Crippen LogP contribution in [0.25, 0.3) is 11.1 Å². The van der Waals surface area contributed by atoms with E-state index in [0.717, 1.165) is 42.1 Å². The highest BCUT2D eigenvalue weighted by molar-refractivity contribution is 5.77. The van der Waals surface area contributed by atoms with Gasteiger partial charge in [-0.25, -0.2) is 0 Å². The molecule has 2 aliphatic rings. The Kier molecular flexibility index (Phi) is 4.16. The molecule has 0 spiro atoms. The number of aryl methyl sites for hydroxylation is 1. The van der Waals surface area contributed by atoms with E-state index in [4.69, 9.17) is 5.73 Å². The van der Waals surface area contributed by atoms with Gasteiger partial charge in [-0.3, -0.25) is 0 Å². The van der Waals surface area contributed by atoms with Gasteiger partial charge in [0.1, 0.15) is 0 Å². The second-order valence-electron chi connectivity index (χ2n) is 7.60. The summed E-state index contributed by atoms with van der Waals surface area (Å²) in [5.41, 5.74) is 11.6. The Morgan fingerprint density at radius 2 is 1.68 bits per heavy atom. The topological polar surface area (TPSA) is 41.3 Å². The van der Waals surface area contributed by atoms with Crippen molar-refractivity contribution in [2.24, 2.45) is 11.8 Å². The van der Waals surface area contributed by atoms with Gasteiger partial charge in [-0.05, 0) is 54.9 Å². The molecular formula is C22H27N3. The summed E-state index contributed by atoms with van der Waals surface area (Å²) in [7, 11) is 0. The highest BCUT2D eigenvalue weighted by atomic mass is 15.3. The van der Waals surface area contributed by atoms with Crippen molar-refractivity contribution >= 4 is 11.4 Å². The lowest BCUT2D eigenvalue weighted by Crippen LogP contribution is -2.25.